The normalized spacial score (nSPS) is 12.7. The molecule has 2 N–H and O–H groups in total. The predicted octanol–water partition coefficient (Wildman–Crippen LogP) is 1.52. The lowest BCUT2D eigenvalue weighted by Gasteiger charge is -2.06. The molecule has 5 heteroatoms. The SMILES string of the molecule is O=C(O)[C@@H](Cc1ccccc1)N=Cc1cnc[nH]1. The Morgan fingerprint density at radius 2 is 2.22 bits per heavy atom. The van der Waals surface area contributed by atoms with Crippen LogP contribution in [0, 0.1) is 0 Å². The average Bonchev–Trinajstić information content (AvgIpc) is 2.88. The third-order valence-corrected chi connectivity index (χ3v) is 2.47. The lowest BCUT2D eigenvalue weighted by atomic mass is 10.1. The molecule has 1 heterocycles. The number of hydrogen-bond donors (Lipinski definition) is 2. The van der Waals surface area contributed by atoms with Crippen molar-refractivity contribution in [3.63, 3.8) is 0 Å². The van der Waals surface area contributed by atoms with Crippen molar-refractivity contribution in [3.8, 4) is 0 Å². The summed E-state index contributed by atoms with van der Waals surface area (Å²) in [6.07, 6.45) is 4.98. The van der Waals surface area contributed by atoms with Crippen LogP contribution in [-0.4, -0.2) is 33.3 Å². The van der Waals surface area contributed by atoms with Crippen molar-refractivity contribution in [3.05, 3.63) is 54.1 Å². The maximum atomic E-state index is 11.1. The molecule has 0 spiro atoms. The molecule has 0 aliphatic rings. The third-order valence-electron chi connectivity index (χ3n) is 2.47. The molecule has 2 rings (SSSR count). The van der Waals surface area contributed by atoms with E-state index in [1.807, 2.05) is 30.3 Å². The van der Waals surface area contributed by atoms with E-state index in [4.69, 9.17) is 5.11 Å². The number of nitrogens with zero attached hydrogens (tertiary/aromatic N) is 2. The van der Waals surface area contributed by atoms with Crippen LogP contribution in [0.2, 0.25) is 0 Å². The lowest BCUT2D eigenvalue weighted by Crippen LogP contribution is -2.20. The van der Waals surface area contributed by atoms with Gasteiger partial charge in [-0.15, -0.1) is 0 Å². The molecular weight excluding hydrogens is 230 g/mol. The van der Waals surface area contributed by atoms with Crippen LogP contribution in [-0.2, 0) is 11.2 Å². The summed E-state index contributed by atoms with van der Waals surface area (Å²) in [5, 5.41) is 9.12. The quantitative estimate of drug-likeness (QED) is 0.781. The van der Waals surface area contributed by atoms with Gasteiger partial charge in [-0.1, -0.05) is 30.3 Å². The Labute approximate surface area is 104 Å². The molecule has 0 unspecified atom stereocenters. The molecule has 5 nitrogen and oxygen atoms in total. The molecule has 2 aromatic rings. The summed E-state index contributed by atoms with van der Waals surface area (Å²) in [4.78, 5) is 21.9. The Morgan fingerprint density at radius 3 is 2.83 bits per heavy atom. The van der Waals surface area contributed by atoms with Crippen LogP contribution in [0.4, 0.5) is 0 Å². The number of hydrogen-bond acceptors (Lipinski definition) is 3. The highest BCUT2D eigenvalue weighted by atomic mass is 16.4. The molecule has 1 aromatic carbocycles. The molecule has 0 saturated carbocycles. The molecule has 92 valence electrons. The summed E-state index contributed by atoms with van der Waals surface area (Å²) in [5.41, 5.74) is 1.64. The lowest BCUT2D eigenvalue weighted by molar-refractivity contribution is -0.138. The van der Waals surface area contributed by atoms with Crippen LogP contribution in [0.15, 0.2) is 47.8 Å². The van der Waals surface area contributed by atoms with Gasteiger partial charge in [0.05, 0.1) is 18.2 Å². The Balaban J connectivity index is 2.07. The zero-order valence-corrected chi connectivity index (χ0v) is 9.65. The largest absolute Gasteiger partial charge is 0.480 e. The van der Waals surface area contributed by atoms with Gasteiger partial charge in [0, 0.05) is 12.6 Å². The molecule has 0 aliphatic carbocycles. The molecule has 18 heavy (non-hydrogen) atoms. The van der Waals surface area contributed by atoms with Gasteiger partial charge in [-0.05, 0) is 5.56 Å². The van der Waals surface area contributed by atoms with Crippen LogP contribution in [0.5, 0.6) is 0 Å². The molecule has 1 aromatic heterocycles. The Bertz CT molecular complexity index is 520. The smallest absolute Gasteiger partial charge is 0.328 e. The number of benzene rings is 1. The number of carboxylic acid groups (broad SMARTS) is 1. The van der Waals surface area contributed by atoms with Gasteiger partial charge in [-0.25, -0.2) is 9.78 Å². The van der Waals surface area contributed by atoms with Crippen molar-refractivity contribution < 1.29 is 9.90 Å². The second-order valence-corrected chi connectivity index (χ2v) is 3.83. The van der Waals surface area contributed by atoms with Crippen LogP contribution >= 0.6 is 0 Å². The second-order valence-electron chi connectivity index (χ2n) is 3.83. The van der Waals surface area contributed by atoms with Crippen LogP contribution in [0.1, 0.15) is 11.3 Å². The van der Waals surface area contributed by atoms with E-state index in [1.54, 1.807) is 6.20 Å². The first-order chi connectivity index (χ1) is 8.75. The number of H-pyrrole nitrogens is 1. The fourth-order valence-corrected chi connectivity index (χ4v) is 1.55. The molecule has 1 atom stereocenters. The molecule has 0 aliphatic heterocycles. The Morgan fingerprint density at radius 1 is 1.44 bits per heavy atom. The van der Waals surface area contributed by atoms with Crippen LogP contribution in [0.25, 0.3) is 0 Å². The van der Waals surface area contributed by atoms with Gasteiger partial charge >= 0.3 is 5.97 Å². The Hall–Kier alpha value is -2.43. The minimum Gasteiger partial charge on any atom is -0.480 e. The van der Waals surface area contributed by atoms with Crippen molar-refractivity contribution in [2.75, 3.05) is 0 Å². The number of aliphatic carboxylic acids is 1. The van der Waals surface area contributed by atoms with Gasteiger partial charge in [0.25, 0.3) is 0 Å². The summed E-state index contributed by atoms with van der Waals surface area (Å²) in [5.74, 6) is -0.936. The topological polar surface area (TPSA) is 78.3 Å². The number of carbonyl (C=O) groups is 1. The fraction of sp³-hybridized carbons (Fsp3) is 0.154. The number of imidazole rings is 1. The maximum Gasteiger partial charge on any atom is 0.328 e. The van der Waals surface area contributed by atoms with Crippen molar-refractivity contribution in [1.29, 1.82) is 0 Å². The van der Waals surface area contributed by atoms with E-state index in [-0.39, 0.29) is 0 Å². The highest BCUT2D eigenvalue weighted by Gasteiger charge is 2.15. The van der Waals surface area contributed by atoms with Gasteiger partial charge in [-0.2, -0.15) is 0 Å². The summed E-state index contributed by atoms with van der Waals surface area (Å²) in [7, 11) is 0. The van der Waals surface area contributed by atoms with E-state index in [1.165, 1.54) is 12.5 Å². The average molecular weight is 243 g/mol. The first-order valence-corrected chi connectivity index (χ1v) is 5.54. The molecule has 0 fully saturated rings. The number of aliphatic imine (C=N–C) groups is 1. The highest BCUT2D eigenvalue weighted by molar-refractivity contribution is 5.81. The maximum absolute atomic E-state index is 11.1. The number of aromatic amines is 1. The monoisotopic (exact) mass is 243 g/mol. The van der Waals surface area contributed by atoms with Gasteiger partial charge < -0.3 is 10.1 Å². The molecule has 0 radical (unpaired) electrons. The Kier molecular flexibility index (Phi) is 3.86. The molecule has 0 amide bonds. The van der Waals surface area contributed by atoms with Gasteiger partial charge in [-0.3, -0.25) is 4.99 Å². The second kappa shape index (κ2) is 5.77. The summed E-state index contributed by atoms with van der Waals surface area (Å²) in [6.45, 7) is 0. The zero-order valence-electron chi connectivity index (χ0n) is 9.65. The minimum atomic E-state index is -0.936. The van der Waals surface area contributed by atoms with Gasteiger partial charge in [0.1, 0.15) is 0 Å². The van der Waals surface area contributed by atoms with E-state index in [0.717, 1.165) is 5.56 Å². The van der Waals surface area contributed by atoms with E-state index < -0.39 is 12.0 Å². The van der Waals surface area contributed by atoms with Crippen molar-refractivity contribution in [2.24, 2.45) is 4.99 Å². The standard InChI is InChI=1S/C13H13N3O2/c17-13(18)12(6-10-4-2-1-3-5-10)15-8-11-7-14-9-16-11/h1-5,7-9,12H,6H2,(H,14,16)(H,17,18)/t12-/m1/s1. The van der Waals surface area contributed by atoms with Crippen LogP contribution < -0.4 is 0 Å². The summed E-state index contributed by atoms with van der Waals surface area (Å²) < 4.78 is 0. The first-order valence-electron chi connectivity index (χ1n) is 5.54. The number of rotatable bonds is 5. The highest BCUT2D eigenvalue weighted by Crippen LogP contribution is 2.06. The number of carboxylic acids is 1. The van der Waals surface area contributed by atoms with Crippen LogP contribution in [0.3, 0.4) is 0 Å². The molecular formula is C13H13N3O2. The predicted molar refractivity (Wildman–Crippen MR) is 67.8 cm³/mol. The summed E-state index contributed by atoms with van der Waals surface area (Å²) in [6, 6.07) is 8.66. The molecule has 0 bridgehead atoms. The van der Waals surface area contributed by atoms with Gasteiger partial charge in [0.2, 0.25) is 0 Å². The van der Waals surface area contributed by atoms with E-state index in [2.05, 4.69) is 15.0 Å². The zero-order chi connectivity index (χ0) is 12.8. The first kappa shape index (κ1) is 12.0. The third kappa shape index (κ3) is 3.28. The minimum absolute atomic E-state index is 0.376. The van der Waals surface area contributed by atoms with Crippen molar-refractivity contribution in [1.82, 2.24) is 9.97 Å². The summed E-state index contributed by atoms with van der Waals surface area (Å²) >= 11 is 0. The number of aromatic nitrogens is 2. The fourth-order valence-electron chi connectivity index (χ4n) is 1.55. The van der Waals surface area contributed by atoms with Gasteiger partial charge in [0.15, 0.2) is 6.04 Å². The van der Waals surface area contributed by atoms with Crippen molar-refractivity contribution >= 4 is 12.2 Å². The number of nitrogens with one attached hydrogen (secondary N) is 1. The van der Waals surface area contributed by atoms with E-state index in [0.29, 0.717) is 12.1 Å². The van der Waals surface area contributed by atoms with E-state index in [9.17, 15) is 4.79 Å². The molecule has 0 saturated heterocycles. The van der Waals surface area contributed by atoms with Crippen molar-refractivity contribution in [2.45, 2.75) is 12.5 Å². The van der Waals surface area contributed by atoms with E-state index >= 15 is 0 Å².